The molecule has 0 spiro atoms. The molecular weight excluding hydrogens is 320 g/mol. The number of methoxy groups -OCH3 is 1. The Morgan fingerprint density at radius 3 is 2.71 bits per heavy atom. The topological polar surface area (TPSA) is 132 Å². The van der Waals surface area contributed by atoms with Gasteiger partial charge >= 0.3 is 12.1 Å². The van der Waals surface area contributed by atoms with E-state index in [0.29, 0.717) is 5.69 Å². The Hall–Kier alpha value is -3.17. The number of non-ortho nitro benzene ring substituents is 1. The Bertz CT molecular complexity index is 646. The molecule has 1 amide bonds. The molecule has 10 nitrogen and oxygen atoms in total. The van der Waals surface area contributed by atoms with Crippen LogP contribution in [0.25, 0.3) is 0 Å². The molecule has 0 heterocycles. The Labute approximate surface area is 138 Å². The van der Waals surface area contributed by atoms with Crippen molar-refractivity contribution in [3.8, 4) is 0 Å². The zero-order valence-electron chi connectivity index (χ0n) is 13.4. The number of anilines is 1. The van der Waals surface area contributed by atoms with Gasteiger partial charge in [0.25, 0.3) is 5.69 Å². The molecule has 10 heteroatoms. The standard InChI is InChI=1S/C14H18N4O6/c1-4-24-13(19)12(9(2)16-17-14(20)23-3)15-10-6-5-7-11(8-10)18(21)22/h5-8,12,15H,4H2,1-3H3,(H,17,20)/b16-9+. The van der Waals surface area contributed by atoms with Crippen LogP contribution in [0.15, 0.2) is 29.4 Å². The van der Waals surface area contributed by atoms with Crippen molar-refractivity contribution in [1.82, 2.24) is 5.43 Å². The summed E-state index contributed by atoms with van der Waals surface area (Å²) >= 11 is 0. The van der Waals surface area contributed by atoms with E-state index in [1.165, 1.54) is 32.2 Å². The molecule has 0 saturated heterocycles. The number of hydrazone groups is 1. The number of hydrogen-bond donors (Lipinski definition) is 2. The maximum atomic E-state index is 12.1. The fourth-order valence-electron chi connectivity index (χ4n) is 1.68. The van der Waals surface area contributed by atoms with E-state index < -0.39 is 23.0 Å². The molecular formula is C14H18N4O6. The van der Waals surface area contributed by atoms with Crippen LogP contribution in [0.5, 0.6) is 0 Å². The van der Waals surface area contributed by atoms with Gasteiger partial charge in [-0.1, -0.05) is 6.07 Å². The van der Waals surface area contributed by atoms with Gasteiger partial charge in [-0.3, -0.25) is 10.1 Å². The van der Waals surface area contributed by atoms with E-state index in [4.69, 9.17) is 4.74 Å². The van der Waals surface area contributed by atoms with Gasteiger partial charge in [0.2, 0.25) is 0 Å². The van der Waals surface area contributed by atoms with Gasteiger partial charge in [-0.15, -0.1) is 0 Å². The zero-order chi connectivity index (χ0) is 18.1. The van der Waals surface area contributed by atoms with Crippen LogP contribution in [0.2, 0.25) is 0 Å². The number of nitrogens with one attached hydrogen (secondary N) is 2. The first kappa shape index (κ1) is 18.9. The predicted octanol–water partition coefficient (Wildman–Crippen LogP) is 1.67. The lowest BCUT2D eigenvalue weighted by atomic mass is 10.1. The number of amides is 1. The van der Waals surface area contributed by atoms with Gasteiger partial charge in [-0.2, -0.15) is 5.10 Å². The van der Waals surface area contributed by atoms with Crippen molar-refractivity contribution in [1.29, 1.82) is 0 Å². The van der Waals surface area contributed by atoms with Crippen molar-refractivity contribution in [2.24, 2.45) is 5.10 Å². The van der Waals surface area contributed by atoms with Crippen LogP contribution in [0.1, 0.15) is 13.8 Å². The second kappa shape index (κ2) is 9.08. The summed E-state index contributed by atoms with van der Waals surface area (Å²) < 4.78 is 9.33. The molecule has 0 fully saturated rings. The predicted molar refractivity (Wildman–Crippen MR) is 85.8 cm³/mol. The lowest BCUT2D eigenvalue weighted by Gasteiger charge is -2.18. The highest BCUT2D eigenvalue weighted by atomic mass is 16.6. The third kappa shape index (κ3) is 5.55. The maximum absolute atomic E-state index is 12.1. The molecule has 1 unspecified atom stereocenters. The van der Waals surface area contributed by atoms with E-state index >= 15 is 0 Å². The van der Waals surface area contributed by atoms with E-state index in [1.807, 2.05) is 0 Å². The molecule has 0 radical (unpaired) electrons. The van der Waals surface area contributed by atoms with Crippen LogP contribution in [0, 0.1) is 10.1 Å². The quantitative estimate of drug-likeness (QED) is 0.334. The first-order valence-corrected chi connectivity index (χ1v) is 6.94. The van der Waals surface area contributed by atoms with Gasteiger partial charge in [-0.05, 0) is 19.9 Å². The van der Waals surface area contributed by atoms with Crippen LogP contribution >= 0.6 is 0 Å². The van der Waals surface area contributed by atoms with Gasteiger partial charge in [0.1, 0.15) is 0 Å². The number of hydrogen-bond acceptors (Lipinski definition) is 8. The third-order valence-corrected chi connectivity index (χ3v) is 2.82. The Morgan fingerprint density at radius 1 is 1.42 bits per heavy atom. The molecule has 0 aliphatic rings. The van der Waals surface area contributed by atoms with Crippen molar-refractivity contribution < 1.29 is 24.0 Å². The zero-order valence-corrected chi connectivity index (χ0v) is 13.4. The minimum atomic E-state index is -1.04. The van der Waals surface area contributed by atoms with Crippen LogP contribution in [0.4, 0.5) is 16.2 Å². The Morgan fingerprint density at radius 2 is 2.12 bits per heavy atom. The normalized spacial score (nSPS) is 12.0. The maximum Gasteiger partial charge on any atom is 0.427 e. The number of ether oxygens (including phenoxy) is 2. The highest BCUT2D eigenvalue weighted by Gasteiger charge is 2.24. The minimum Gasteiger partial charge on any atom is -0.464 e. The van der Waals surface area contributed by atoms with Gasteiger partial charge in [0.15, 0.2) is 6.04 Å². The van der Waals surface area contributed by atoms with Crippen molar-refractivity contribution in [2.75, 3.05) is 19.0 Å². The smallest absolute Gasteiger partial charge is 0.427 e. The average Bonchev–Trinajstić information content (AvgIpc) is 2.57. The van der Waals surface area contributed by atoms with Crippen LogP contribution in [0.3, 0.4) is 0 Å². The summed E-state index contributed by atoms with van der Waals surface area (Å²) in [5, 5.41) is 17.4. The fraction of sp³-hybridized carbons (Fsp3) is 0.357. The number of nitro groups is 1. The monoisotopic (exact) mass is 338 g/mol. The molecule has 1 aromatic rings. The average molecular weight is 338 g/mol. The van der Waals surface area contributed by atoms with E-state index in [2.05, 4.69) is 20.6 Å². The van der Waals surface area contributed by atoms with E-state index in [0.717, 1.165) is 0 Å². The number of rotatable bonds is 7. The molecule has 0 aliphatic carbocycles. The largest absolute Gasteiger partial charge is 0.464 e. The van der Waals surface area contributed by atoms with Gasteiger partial charge < -0.3 is 14.8 Å². The molecule has 2 N–H and O–H groups in total. The number of esters is 1. The molecule has 1 aromatic carbocycles. The summed E-state index contributed by atoms with van der Waals surface area (Å²) in [7, 11) is 1.17. The molecule has 0 saturated carbocycles. The van der Waals surface area contributed by atoms with Crippen LogP contribution in [-0.2, 0) is 14.3 Å². The fourth-order valence-corrected chi connectivity index (χ4v) is 1.68. The van der Waals surface area contributed by atoms with Crippen molar-refractivity contribution in [2.45, 2.75) is 19.9 Å². The molecule has 0 aromatic heterocycles. The Kier molecular flexibility index (Phi) is 7.14. The lowest BCUT2D eigenvalue weighted by Crippen LogP contribution is -2.39. The number of benzene rings is 1. The number of carbonyl (C=O) groups excluding carboxylic acids is 2. The van der Waals surface area contributed by atoms with E-state index in [1.54, 1.807) is 13.0 Å². The van der Waals surface area contributed by atoms with E-state index in [9.17, 15) is 19.7 Å². The van der Waals surface area contributed by atoms with Crippen molar-refractivity contribution in [3.63, 3.8) is 0 Å². The first-order chi connectivity index (χ1) is 11.4. The van der Waals surface area contributed by atoms with Gasteiger partial charge in [-0.25, -0.2) is 15.0 Å². The van der Waals surface area contributed by atoms with E-state index in [-0.39, 0.29) is 18.0 Å². The van der Waals surface area contributed by atoms with Gasteiger partial charge in [0, 0.05) is 17.8 Å². The third-order valence-electron chi connectivity index (χ3n) is 2.82. The number of nitrogens with zero attached hydrogens (tertiary/aromatic N) is 2. The summed E-state index contributed by atoms with van der Waals surface area (Å²) in [6, 6.07) is 4.59. The molecule has 0 aliphatic heterocycles. The van der Waals surface area contributed by atoms with Crippen molar-refractivity contribution >= 4 is 29.1 Å². The summed E-state index contributed by atoms with van der Waals surface area (Å²) in [5.41, 5.74) is 2.48. The summed E-state index contributed by atoms with van der Waals surface area (Å²) in [4.78, 5) is 33.4. The molecule has 1 atom stereocenters. The number of nitro benzene ring substituents is 1. The highest BCUT2D eigenvalue weighted by molar-refractivity contribution is 6.07. The highest BCUT2D eigenvalue weighted by Crippen LogP contribution is 2.18. The molecule has 1 rings (SSSR count). The SMILES string of the molecule is CCOC(=O)C(Nc1cccc([N+](=O)[O-])c1)/C(C)=N/NC(=O)OC. The summed E-state index contributed by atoms with van der Waals surface area (Å²) in [6.07, 6.45) is -0.799. The summed E-state index contributed by atoms with van der Waals surface area (Å²) in [5.74, 6) is -0.642. The molecule has 24 heavy (non-hydrogen) atoms. The second-order valence-corrected chi connectivity index (χ2v) is 4.49. The first-order valence-electron chi connectivity index (χ1n) is 6.94. The second-order valence-electron chi connectivity index (χ2n) is 4.49. The molecule has 0 bridgehead atoms. The van der Waals surface area contributed by atoms with Crippen LogP contribution < -0.4 is 10.7 Å². The van der Waals surface area contributed by atoms with Crippen molar-refractivity contribution in [3.05, 3.63) is 34.4 Å². The summed E-state index contributed by atoms with van der Waals surface area (Å²) in [6.45, 7) is 3.27. The lowest BCUT2D eigenvalue weighted by molar-refractivity contribution is -0.384. The minimum absolute atomic E-state index is 0.134. The molecule has 130 valence electrons. The van der Waals surface area contributed by atoms with Crippen LogP contribution in [-0.4, -0.2) is 42.5 Å². The van der Waals surface area contributed by atoms with Gasteiger partial charge in [0.05, 0.1) is 24.4 Å². The number of carbonyl (C=O) groups is 2. The Balaban J connectivity index is 3.01.